The van der Waals surface area contributed by atoms with Crippen LogP contribution in [0, 0.1) is 12.9 Å². The Hall–Kier alpha value is -3.55. The highest BCUT2D eigenvalue weighted by molar-refractivity contribution is 5.68. The van der Waals surface area contributed by atoms with Crippen molar-refractivity contribution in [2.24, 2.45) is 0 Å². The molecule has 2 unspecified atom stereocenters. The molecule has 1 aliphatic rings. The predicted molar refractivity (Wildman–Crippen MR) is 103 cm³/mol. The number of hydrogen-bond acceptors (Lipinski definition) is 11. The van der Waals surface area contributed by atoms with E-state index in [2.05, 4.69) is 0 Å². The Morgan fingerprint density at radius 2 is 1.42 bits per heavy atom. The van der Waals surface area contributed by atoms with Gasteiger partial charge in [-0.05, 0) is 6.92 Å². The topological polar surface area (TPSA) is 169 Å². The molecule has 13 nitrogen and oxygen atoms in total. The summed E-state index contributed by atoms with van der Waals surface area (Å²) in [5, 5.41) is 0. The number of hydrogen-bond donors (Lipinski definition) is 1. The van der Waals surface area contributed by atoms with E-state index in [4.69, 9.17) is 23.7 Å². The minimum Gasteiger partial charge on any atom is -0.463 e. The molecule has 0 saturated carbocycles. The number of halogens is 1. The Labute approximate surface area is 185 Å². The number of esters is 4. The fourth-order valence-electron chi connectivity index (χ4n) is 3.26. The summed E-state index contributed by atoms with van der Waals surface area (Å²) in [6.45, 7) is 4.66. The number of H-pyrrole nitrogens is 1. The molecule has 2 rings (SSSR count). The molecule has 1 saturated heterocycles. The van der Waals surface area contributed by atoms with Crippen LogP contribution in [0.4, 0.5) is 4.39 Å². The lowest BCUT2D eigenvalue weighted by Crippen LogP contribution is -2.62. The molecule has 0 aliphatic carbocycles. The van der Waals surface area contributed by atoms with Gasteiger partial charge < -0.3 is 23.7 Å². The number of nitrogens with zero attached hydrogens (tertiary/aromatic N) is 1. The zero-order valence-electron chi connectivity index (χ0n) is 18.4. The largest absolute Gasteiger partial charge is 0.463 e. The van der Waals surface area contributed by atoms with Gasteiger partial charge in [-0.25, -0.2) is 9.36 Å². The van der Waals surface area contributed by atoms with Crippen LogP contribution in [-0.4, -0.2) is 64.5 Å². The quantitative estimate of drug-likeness (QED) is 0.312. The number of ether oxygens (including phenoxy) is 5. The molecule has 1 aromatic rings. The van der Waals surface area contributed by atoms with Gasteiger partial charge in [0.25, 0.3) is 5.56 Å². The summed E-state index contributed by atoms with van der Waals surface area (Å²) >= 11 is 0. The second-order valence-electron chi connectivity index (χ2n) is 7.13. The van der Waals surface area contributed by atoms with Crippen LogP contribution in [0.5, 0.6) is 0 Å². The summed E-state index contributed by atoms with van der Waals surface area (Å²) in [4.78, 5) is 72.8. The normalized spacial score (nSPS) is 24.5. The molecular formula is C19H23FN2O11. The average molecular weight is 474 g/mol. The van der Waals surface area contributed by atoms with Crippen LogP contribution in [0.2, 0.25) is 0 Å². The lowest BCUT2D eigenvalue weighted by molar-refractivity contribution is -0.270. The van der Waals surface area contributed by atoms with Crippen LogP contribution in [-0.2, 0) is 42.9 Å². The molecule has 1 aromatic heterocycles. The maximum absolute atomic E-state index is 15.0. The monoisotopic (exact) mass is 474 g/mol. The highest BCUT2D eigenvalue weighted by atomic mass is 19.1. The number of aromatic nitrogens is 2. The maximum Gasteiger partial charge on any atom is 0.332 e. The SMILES string of the molecule is CC(=O)OCC1O[C@@H](n2c(F)c(C)c(=O)[nH]c2=O)C(OC(C)=O)[C@H](OC(C)=O)[C@@H]1OC(C)=O. The number of nitrogens with one attached hydrogen (secondary N) is 1. The molecule has 0 bridgehead atoms. The van der Waals surface area contributed by atoms with E-state index in [1.54, 1.807) is 0 Å². The van der Waals surface area contributed by atoms with Crippen LogP contribution in [0.1, 0.15) is 39.5 Å². The zero-order valence-corrected chi connectivity index (χ0v) is 18.4. The van der Waals surface area contributed by atoms with E-state index in [1.807, 2.05) is 4.98 Å². The summed E-state index contributed by atoms with van der Waals surface area (Å²) < 4.78 is 41.5. The van der Waals surface area contributed by atoms with Crippen molar-refractivity contribution < 1.29 is 47.3 Å². The molecule has 0 amide bonds. The Bertz CT molecular complexity index is 1060. The number of carbonyl (C=O) groups is 4. The van der Waals surface area contributed by atoms with Crippen LogP contribution in [0.25, 0.3) is 0 Å². The molecule has 0 aromatic carbocycles. The van der Waals surface area contributed by atoms with E-state index >= 15 is 4.39 Å². The third kappa shape index (κ3) is 6.03. The Kier molecular flexibility index (Phi) is 8.08. The average Bonchev–Trinajstić information content (AvgIpc) is 2.68. The van der Waals surface area contributed by atoms with E-state index in [0.29, 0.717) is 4.57 Å². The Morgan fingerprint density at radius 1 is 0.909 bits per heavy atom. The maximum atomic E-state index is 15.0. The van der Waals surface area contributed by atoms with E-state index in [1.165, 1.54) is 0 Å². The van der Waals surface area contributed by atoms with Gasteiger partial charge in [0, 0.05) is 27.7 Å². The van der Waals surface area contributed by atoms with E-state index in [-0.39, 0.29) is 0 Å². The first-order chi connectivity index (χ1) is 15.3. The van der Waals surface area contributed by atoms with Crippen molar-refractivity contribution in [1.29, 1.82) is 0 Å². The van der Waals surface area contributed by atoms with Crippen molar-refractivity contribution in [3.8, 4) is 0 Å². The van der Waals surface area contributed by atoms with Gasteiger partial charge in [-0.1, -0.05) is 0 Å². The van der Waals surface area contributed by atoms with E-state index in [0.717, 1.165) is 34.6 Å². The Balaban J connectivity index is 2.72. The molecule has 0 spiro atoms. The molecular weight excluding hydrogens is 451 g/mol. The van der Waals surface area contributed by atoms with Crippen molar-refractivity contribution in [3.05, 3.63) is 32.3 Å². The van der Waals surface area contributed by atoms with Gasteiger partial charge in [0.05, 0.1) is 5.56 Å². The summed E-state index contributed by atoms with van der Waals surface area (Å²) in [5.41, 5.74) is -2.74. The molecule has 1 fully saturated rings. The third-order valence-corrected chi connectivity index (χ3v) is 4.52. The van der Waals surface area contributed by atoms with Crippen molar-refractivity contribution >= 4 is 23.9 Å². The van der Waals surface area contributed by atoms with Gasteiger partial charge in [0.15, 0.2) is 24.5 Å². The first-order valence-corrected chi connectivity index (χ1v) is 9.64. The first-order valence-electron chi connectivity index (χ1n) is 9.64. The van der Waals surface area contributed by atoms with Crippen molar-refractivity contribution in [3.63, 3.8) is 0 Å². The summed E-state index contributed by atoms with van der Waals surface area (Å²) in [6.07, 6.45) is -7.99. The highest BCUT2D eigenvalue weighted by Crippen LogP contribution is 2.34. The minimum atomic E-state index is -1.81. The van der Waals surface area contributed by atoms with Crippen molar-refractivity contribution in [2.75, 3.05) is 6.61 Å². The van der Waals surface area contributed by atoms with E-state index in [9.17, 15) is 28.8 Å². The third-order valence-electron chi connectivity index (χ3n) is 4.52. The van der Waals surface area contributed by atoms with Crippen LogP contribution in [0.3, 0.4) is 0 Å². The summed E-state index contributed by atoms with van der Waals surface area (Å²) in [7, 11) is 0. The molecule has 2 heterocycles. The lowest BCUT2D eigenvalue weighted by Gasteiger charge is -2.44. The fourth-order valence-corrected chi connectivity index (χ4v) is 3.26. The first kappa shape index (κ1) is 25.7. The van der Waals surface area contributed by atoms with Crippen molar-refractivity contribution in [1.82, 2.24) is 9.55 Å². The standard InChI is InChI=1S/C19H23FN2O11/c1-7-16(20)22(19(28)21-17(7)27)18-15(32-11(5)26)14(31-10(4)25)13(30-9(3)24)12(33-18)6-29-8(2)23/h12-15,18H,6H2,1-5H3,(H,21,27,28)/t12?,13-,14-,15?,18-/m1/s1. The zero-order chi connectivity index (χ0) is 25.0. The molecule has 5 atom stereocenters. The fraction of sp³-hybridized carbons (Fsp3) is 0.579. The molecule has 1 aliphatic heterocycles. The van der Waals surface area contributed by atoms with Gasteiger partial charge in [-0.2, -0.15) is 4.39 Å². The van der Waals surface area contributed by atoms with Gasteiger partial charge >= 0.3 is 29.6 Å². The molecule has 14 heteroatoms. The lowest BCUT2D eigenvalue weighted by atomic mass is 9.97. The molecule has 33 heavy (non-hydrogen) atoms. The number of rotatable bonds is 6. The molecule has 0 radical (unpaired) electrons. The predicted octanol–water partition coefficient (Wildman–Crippen LogP) is -0.760. The van der Waals surface area contributed by atoms with Crippen LogP contribution in [0.15, 0.2) is 9.59 Å². The van der Waals surface area contributed by atoms with Crippen LogP contribution < -0.4 is 11.2 Å². The number of aromatic amines is 1. The summed E-state index contributed by atoms with van der Waals surface area (Å²) in [6, 6.07) is 0. The second-order valence-corrected chi connectivity index (χ2v) is 7.13. The van der Waals surface area contributed by atoms with Gasteiger partial charge in [-0.3, -0.25) is 29.0 Å². The van der Waals surface area contributed by atoms with Gasteiger partial charge in [-0.15, -0.1) is 0 Å². The minimum absolute atomic E-state index is 0.353. The molecule has 182 valence electrons. The smallest absolute Gasteiger partial charge is 0.332 e. The Morgan fingerprint density at radius 3 is 1.94 bits per heavy atom. The van der Waals surface area contributed by atoms with Crippen LogP contribution >= 0.6 is 0 Å². The van der Waals surface area contributed by atoms with Gasteiger partial charge in [0.1, 0.15) is 12.7 Å². The van der Waals surface area contributed by atoms with E-state index < -0.39 is 83.9 Å². The second kappa shape index (κ2) is 10.4. The number of carbonyl (C=O) groups excluding carboxylic acids is 4. The molecule has 1 N–H and O–H groups in total. The highest BCUT2D eigenvalue weighted by Gasteiger charge is 2.53. The van der Waals surface area contributed by atoms with Gasteiger partial charge in [0.2, 0.25) is 5.95 Å². The summed E-state index contributed by atoms with van der Waals surface area (Å²) in [5.74, 6) is -4.74. The van der Waals surface area contributed by atoms with Crippen molar-refractivity contribution in [2.45, 2.75) is 65.3 Å².